The van der Waals surface area contributed by atoms with Crippen LogP contribution in [0, 0.1) is 5.92 Å². The van der Waals surface area contributed by atoms with Gasteiger partial charge in [0, 0.05) is 10.0 Å². The summed E-state index contributed by atoms with van der Waals surface area (Å²) in [5.41, 5.74) is 1.25. The fourth-order valence-corrected chi connectivity index (χ4v) is 2.47. The molecule has 0 aliphatic heterocycles. The maximum Gasteiger partial charge on any atom is 0.0455 e. The van der Waals surface area contributed by atoms with Gasteiger partial charge in [0.05, 0.1) is 0 Å². The molecule has 0 heterocycles. The summed E-state index contributed by atoms with van der Waals surface area (Å²) >= 11 is 12.0. The predicted molar refractivity (Wildman–Crippen MR) is 61.2 cm³/mol. The largest absolute Gasteiger partial charge is 0.319 e. The van der Waals surface area contributed by atoms with Crippen LogP contribution >= 0.6 is 23.2 Å². The lowest BCUT2D eigenvalue weighted by atomic mass is 10.1. The van der Waals surface area contributed by atoms with E-state index in [1.807, 2.05) is 25.2 Å². The minimum Gasteiger partial charge on any atom is -0.319 e. The molecule has 0 aromatic heterocycles. The molecular formula is C11H13Cl2N. The molecule has 3 heteroatoms. The quantitative estimate of drug-likeness (QED) is 0.839. The Morgan fingerprint density at radius 2 is 2.21 bits per heavy atom. The first kappa shape index (κ1) is 10.3. The van der Waals surface area contributed by atoms with Gasteiger partial charge in [0.2, 0.25) is 0 Å². The van der Waals surface area contributed by atoms with Crippen molar-refractivity contribution in [3.05, 3.63) is 33.8 Å². The molecule has 76 valence electrons. The summed E-state index contributed by atoms with van der Waals surface area (Å²) in [6.07, 6.45) is 1.24. The average Bonchev–Trinajstić information content (AvgIpc) is 2.84. The lowest BCUT2D eigenvalue weighted by molar-refractivity contribution is 0.698. The molecule has 0 saturated heterocycles. The van der Waals surface area contributed by atoms with Crippen molar-refractivity contribution in [3.63, 3.8) is 0 Å². The molecule has 1 aromatic rings. The van der Waals surface area contributed by atoms with Gasteiger partial charge >= 0.3 is 0 Å². The van der Waals surface area contributed by atoms with Crippen molar-refractivity contribution >= 4 is 23.2 Å². The van der Waals surface area contributed by atoms with Crippen molar-refractivity contribution in [1.29, 1.82) is 0 Å². The highest BCUT2D eigenvalue weighted by molar-refractivity contribution is 6.35. The van der Waals surface area contributed by atoms with Crippen molar-refractivity contribution < 1.29 is 0 Å². The van der Waals surface area contributed by atoms with Crippen LogP contribution in [0.3, 0.4) is 0 Å². The number of nitrogens with one attached hydrogen (secondary N) is 1. The summed E-state index contributed by atoms with van der Waals surface area (Å²) in [7, 11) is 1.98. The van der Waals surface area contributed by atoms with Crippen LogP contribution < -0.4 is 5.32 Å². The lowest BCUT2D eigenvalue weighted by Crippen LogP contribution is -2.10. The van der Waals surface area contributed by atoms with Crippen LogP contribution in [0.5, 0.6) is 0 Å². The zero-order valence-electron chi connectivity index (χ0n) is 8.06. The van der Waals surface area contributed by atoms with Gasteiger partial charge in [-0.2, -0.15) is 0 Å². The summed E-state index contributed by atoms with van der Waals surface area (Å²) in [6, 6.07) is 5.79. The Hall–Kier alpha value is -0.240. The fourth-order valence-electron chi connectivity index (χ4n) is 1.92. The van der Waals surface area contributed by atoms with Crippen LogP contribution in [0.25, 0.3) is 0 Å². The molecule has 1 fully saturated rings. The first-order valence-electron chi connectivity index (χ1n) is 4.82. The van der Waals surface area contributed by atoms with Crippen LogP contribution in [0.2, 0.25) is 10.0 Å². The second-order valence-electron chi connectivity index (χ2n) is 3.83. The number of benzene rings is 1. The van der Waals surface area contributed by atoms with Gasteiger partial charge in [0.1, 0.15) is 0 Å². The number of halogens is 2. The fraction of sp³-hybridized carbons (Fsp3) is 0.455. The van der Waals surface area contributed by atoms with Crippen LogP contribution in [-0.2, 0) is 0 Å². The zero-order valence-corrected chi connectivity index (χ0v) is 9.57. The Labute approximate surface area is 94.4 Å². The molecule has 1 aromatic carbocycles. The van der Waals surface area contributed by atoms with Crippen molar-refractivity contribution in [1.82, 2.24) is 5.32 Å². The molecule has 2 atom stereocenters. The Morgan fingerprint density at radius 3 is 2.86 bits per heavy atom. The van der Waals surface area contributed by atoms with Crippen LogP contribution in [-0.4, -0.2) is 13.6 Å². The Morgan fingerprint density at radius 1 is 1.43 bits per heavy atom. The molecule has 0 amide bonds. The third kappa shape index (κ3) is 2.05. The van der Waals surface area contributed by atoms with Gasteiger partial charge in [-0.05, 0) is 49.5 Å². The standard InChI is InChI=1S/C11H13Cl2N/c1-14-6-7-4-10(7)9-3-2-8(12)5-11(9)13/h2-3,5,7,10,14H,4,6H2,1H3/t7-,10+/m0/s1. The minimum absolute atomic E-state index is 0.632. The predicted octanol–water partition coefficient (Wildman–Crippen LogP) is 3.32. The molecule has 1 aliphatic rings. The normalized spacial score (nSPS) is 25.1. The van der Waals surface area contributed by atoms with E-state index in [0.29, 0.717) is 10.9 Å². The third-order valence-electron chi connectivity index (χ3n) is 2.75. The first-order chi connectivity index (χ1) is 6.72. The van der Waals surface area contributed by atoms with Crippen molar-refractivity contribution in [2.75, 3.05) is 13.6 Å². The van der Waals surface area contributed by atoms with E-state index in [2.05, 4.69) is 5.32 Å². The highest BCUT2D eigenvalue weighted by Crippen LogP contribution is 2.49. The first-order valence-corrected chi connectivity index (χ1v) is 5.57. The molecule has 1 aliphatic carbocycles. The van der Waals surface area contributed by atoms with Gasteiger partial charge in [0.25, 0.3) is 0 Å². The molecule has 1 N–H and O–H groups in total. The van der Waals surface area contributed by atoms with Gasteiger partial charge in [-0.1, -0.05) is 29.3 Å². The van der Waals surface area contributed by atoms with E-state index in [1.165, 1.54) is 12.0 Å². The van der Waals surface area contributed by atoms with E-state index < -0.39 is 0 Å². The summed E-state index contributed by atoms with van der Waals surface area (Å²) in [5.74, 6) is 1.38. The topological polar surface area (TPSA) is 12.0 Å². The third-order valence-corrected chi connectivity index (χ3v) is 3.31. The van der Waals surface area contributed by atoms with E-state index >= 15 is 0 Å². The van der Waals surface area contributed by atoms with E-state index in [-0.39, 0.29) is 0 Å². The summed E-state index contributed by atoms with van der Waals surface area (Å²) in [6.45, 7) is 1.07. The molecule has 0 unspecified atom stereocenters. The highest BCUT2D eigenvalue weighted by Gasteiger charge is 2.38. The van der Waals surface area contributed by atoms with Crippen LogP contribution in [0.15, 0.2) is 18.2 Å². The monoisotopic (exact) mass is 229 g/mol. The number of hydrogen-bond donors (Lipinski definition) is 1. The number of hydrogen-bond acceptors (Lipinski definition) is 1. The maximum atomic E-state index is 6.13. The summed E-state index contributed by atoms with van der Waals surface area (Å²) < 4.78 is 0. The molecule has 1 saturated carbocycles. The molecule has 0 bridgehead atoms. The molecule has 1 nitrogen and oxygen atoms in total. The Kier molecular flexibility index (Phi) is 3.01. The zero-order chi connectivity index (χ0) is 10.1. The molecule has 14 heavy (non-hydrogen) atoms. The molecular weight excluding hydrogens is 217 g/mol. The Bertz CT molecular complexity index is 338. The van der Waals surface area contributed by atoms with Crippen molar-refractivity contribution in [3.8, 4) is 0 Å². The summed E-state index contributed by atoms with van der Waals surface area (Å²) in [4.78, 5) is 0. The van der Waals surface area contributed by atoms with Gasteiger partial charge in [-0.25, -0.2) is 0 Å². The summed E-state index contributed by atoms with van der Waals surface area (Å²) in [5, 5.41) is 4.71. The molecule has 2 rings (SSSR count). The van der Waals surface area contributed by atoms with Crippen molar-refractivity contribution in [2.45, 2.75) is 12.3 Å². The van der Waals surface area contributed by atoms with E-state index in [0.717, 1.165) is 17.5 Å². The maximum absolute atomic E-state index is 6.13. The molecule has 0 radical (unpaired) electrons. The van der Waals surface area contributed by atoms with Crippen molar-refractivity contribution in [2.24, 2.45) is 5.92 Å². The van der Waals surface area contributed by atoms with Gasteiger partial charge in [-0.3, -0.25) is 0 Å². The van der Waals surface area contributed by atoms with Crippen LogP contribution in [0.1, 0.15) is 17.9 Å². The van der Waals surface area contributed by atoms with E-state index in [9.17, 15) is 0 Å². The highest BCUT2D eigenvalue weighted by atomic mass is 35.5. The van der Waals surface area contributed by atoms with Gasteiger partial charge < -0.3 is 5.32 Å². The van der Waals surface area contributed by atoms with Gasteiger partial charge in [-0.15, -0.1) is 0 Å². The lowest BCUT2D eigenvalue weighted by Gasteiger charge is -2.03. The number of rotatable bonds is 3. The minimum atomic E-state index is 0.632. The second kappa shape index (κ2) is 4.09. The van der Waals surface area contributed by atoms with E-state index in [4.69, 9.17) is 23.2 Å². The Balaban J connectivity index is 2.11. The van der Waals surface area contributed by atoms with E-state index in [1.54, 1.807) is 0 Å². The molecule has 0 spiro atoms. The second-order valence-corrected chi connectivity index (χ2v) is 4.67. The SMILES string of the molecule is CNC[C@@H]1C[C@H]1c1ccc(Cl)cc1Cl. The average molecular weight is 230 g/mol. The van der Waals surface area contributed by atoms with Gasteiger partial charge in [0.15, 0.2) is 0 Å². The van der Waals surface area contributed by atoms with Crippen LogP contribution in [0.4, 0.5) is 0 Å². The smallest absolute Gasteiger partial charge is 0.0455 e.